The molecule has 0 aromatic rings. The molecular weight excluding hydrogens is 691 g/mol. The Labute approximate surface area is 321 Å². The van der Waals surface area contributed by atoms with Crippen molar-refractivity contribution >= 4 is 19.8 Å². The van der Waals surface area contributed by atoms with Crippen LogP contribution in [-0.2, 0) is 32.9 Å². The third-order valence-electron chi connectivity index (χ3n) is 8.63. The summed E-state index contributed by atoms with van der Waals surface area (Å²) in [6.07, 6.45) is 46.6. The molecule has 0 spiro atoms. The fourth-order valence-corrected chi connectivity index (χ4v) is 5.84. The third-order valence-corrected chi connectivity index (χ3v) is 9.12. The molecule has 53 heavy (non-hydrogen) atoms. The van der Waals surface area contributed by atoms with Gasteiger partial charge in [0.2, 0.25) is 0 Å². The van der Waals surface area contributed by atoms with E-state index < -0.39 is 32.5 Å². The summed E-state index contributed by atoms with van der Waals surface area (Å²) in [4.78, 5) is 42.8. The number of carbonyl (C=O) groups excluding carboxylic acids is 2. The molecule has 0 aliphatic carbocycles. The largest absolute Gasteiger partial charge is 0.469 e. The van der Waals surface area contributed by atoms with E-state index in [-0.39, 0.29) is 19.4 Å². The lowest BCUT2D eigenvalue weighted by atomic mass is 10.1. The summed E-state index contributed by atoms with van der Waals surface area (Å²) < 4.78 is 32.0. The molecule has 1 rings (SSSR count). The monoisotopic (exact) mass is 762 g/mol. The molecule has 0 amide bonds. The minimum absolute atomic E-state index is 0.134. The van der Waals surface area contributed by atoms with Crippen LogP contribution in [0.1, 0.15) is 155 Å². The zero-order valence-electron chi connectivity index (χ0n) is 32.8. The average Bonchev–Trinajstić information content (AvgIpc) is 3.88. The van der Waals surface area contributed by atoms with Crippen molar-refractivity contribution in [2.45, 2.75) is 173 Å². The zero-order chi connectivity index (χ0) is 38.7. The van der Waals surface area contributed by atoms with Crippen LogP contribution in [0.4, 0.5) is 0 Å². The minimum atomic E-state index is -4.78. The lowest BCUT2D eigenvalue weighted by Crippen LogP contribution is -2.29. The summed E-state index contributed by atoms with van der Waals surface area (Å²) >= 11 is 0. The number of hydrogen-bond donors (Lipinski definition) is 2. The molecule has 1 aliphatic heterocycles. The van der Waals surface area contributed by atoms with E-state index in [0.29, 0.717) is 25.0 Å². The highest BCUT2D eigenvalue weighted by Gasteiger charge is 2.36. The normalized spacial score (nSPS) is 17.1. The Balaban J connectivity index is 2.14. The van der Waals surface area contributed by atoms with Gasteiger partial charge in [0.1, 0.15) is 6.61 Å². The highest BCUT2D eigenvalue weighted by Crippen LogP contribution is 2.36. The van der Waals surface area contributed by atoms with Crippen molar-refractivity contribution in [3.05, 3.63) is 72.9 Å². The second-order valence-corrected chi connectivity index (χ2v) is 14.9. The van der Waals surface area contributed by atoms with Crippen LogP contribution in [0.2, 0.25) is 0 Å². The first-order valence-corrected chi connectivity index (χ1v) is 21.9. The van der Waals surface area contributed by atoms with Gasteiger partial charge in [-0.1, -0.05) is 138 Å². The predicted octanol–water partition coefficient (Wildman–Crippen LogP) is 11.3. The number of esters is 2. The molecular formula is C43H71O9P. The van der Waals surface area contributed by atoms with Gasteiger partial charge in [-0.05, 0) is 77.0 Å². The lowest BCUT2D eigenvalue weighted by Gasteiger charge is -2.18. The van der Waals surface area contributed by atoms with Gasteiger partial charge in [-0.3, -0.25) is 14.1 Å². The van der Waals surface area contributed by atoms with E-state index in [9.17, 15) is 14.2 Å². The molecule has 1 aliphatic rings. The summed E-state index contributed by atoms with van der Waals surface area (Å²) in [5, 5.41) is 0. The van der Waals surface area contributed by atoms with Crippen LogP contribution in [0.25, 0.3) is 0 Å². The summed E-state index contributed by atoms with van der Waals surface area (Å²) in [6.45, 7) is 3.53. The standard InChI is InChI=1S/C43H71O9P/c1-3-5-7-8-9-10-11-12-13-14-15-16-17-18-19-20-24-27-31-35-42(44)49-37-39(38-50-53(46,47)48)51-43(45)36-32-28-25-22-21-23-26-30-34-41-40(52-41)33-29-6-4-2/h9-10,12-13,15-16,18-19,24,26-27,30,39-41H,3-8,11,14,17,20-23,25,28-29,31-38H2,1-2H3,(H2,46,47,48)/b10-9-,13-12-,16-15-,19-18-,27-24-,30-26-/t39-,40?,41?/m1/s1. The molecule has 1 saturated heterocycles. The van der Waals surface area contributed by atoms with Gasteiger partial charge >= 0.3 is 19.8 Å². The van der Waals surface area contributed by atoms with Gasteiger partial charge in [-0.25, -0.2) is 4.57 Å². The first-order chi connectivity index (χ1) is 25.7. The van der Waals surface area contributed by atoms with E-state index in [1.807, 2.05) is 12.2 Å². The zero-order valence-corrected chi connectivity index (χ0v) is 33.7. The van der Waals surface area contributed by atoms with Crippen LogP contribution in [-0.4, -0.2) is 53.3 Å². The third kappa shape index (κ3) is 33.7. The topological polar surface area (TPSA) is 132 Å². The van der Waals surface area contributed by atoms with Crippen molar-refractivity contribution in [1.82, 2.24) is 0 Å². The van der Waals surface area contributed by atoms with E-state index >= 15 is 0 Å². The first-order valence-electron chi connectivity index (χ1n) is 20.4. The van der Waals surface area contributed by atoms with E-state index in [4.69, 9.17) is 24.0 Å². The molecule has 1 heterocycles. The second-order valence-electron chi connectivity index (χ2n) is 13.6. The Bertz CT molecular complexity index is 1150. The van der Waals surface area contributed by atoms with Gasteiger partial charge in [0, 0.05) is 12.8 Å². The second kappa shape index (κ2) is 34.0. The van der Waals surface area contributed by atoms with Crippen LogP contribution < -0.4 is 0 Å². The van der Waals surface area contributed by atoms with Gasteiger partial charge in [0.05, 0.1) is 18.8 Å². The number of rotatable bonds is 35. The minimum Gasteiger partial charge on any atom is -0.462 e. The number of unbranched alkanes of at least 4 members (excludes halogenated alkanes) is 10. The number of hydrogen-bond acceptors (Lipinski definition) is 7. The number of phosphoric ester groups is 1. The number of ether oxygens (including phenoxy) is 3. The molecule has 10 heteroatoms. The molecule has 0 aromatic heterocycles. The molecule has 9 nitrogen and oxygen atoms in total. The highest BCUT2D eigenvalue weighted by atomic mass is 31.2. The summed E-state index contributed by atoms with van der Waals surface area (Å²) in [5.74, 6) is -1.01. The van der Waals surface area contributed by atoms with Crippen LogP contribution in [0.3, 0.4) is 0 Å². The van der Waals surface area contributed by atoms with Crippen LogP contribution in [0.15, 0.2) is 72.9 Å². The fraction of sp³-hybridized carbons (Fsp3) is 0.674. The van der Waals surface area contributed by atoms with E-state index in [1.54, 1.807) is 0 Å². The van der Waals surface area contributed by atoms with Gasteiger partial charge in [0.25, 0.3) is 0 Å². The summed E-state index contributed by atoms with van der Waals surface area (Å²) in [7, 11) is -4.78. The Kier molecular flexibility index (Phi) is 31.1. The van der Waals surface area contributed by atoms with Crippen LogP contribution >= 0.6 is 7.82 Å². The van der Waals surface area contributed by atoms with Crippen LogP contribution in [0.5, 0.6) is 0 Å². The number of phosphoric acid groups is 1. The molecule has 3 atom stereocenters. The Morgan fingerprint density at radius 1 is 0.604 bits per heavy atom. The summed E-state index contributed by atoms with van der Waals surface area (Å²) in [5.41, 5.74) is 0. The smallest absolute Gasteiger partial charge is 0.462 e. The lowest BCUT2D eigenvalue weighted by molar-refractivity contribution is -0.161. The Morgan fingerprint density at radius 2 is 1.13 bits per heavy atom. The Hall–Kier alpha value is -2.55. The van der Waals surface area contributed by atoms with E-state index in [2.05, 4.69) is 79.1 Å². The summed E-state index contributed by atoms with van der Waals surface area (Å²) in [6, 6.07) is 0. The van der Waals surface area contributed by atoms with Gasteiger partial charge < -0.3 is 24.0 Å². The van der Waals surface area contributed by atoms with Crippen molar-refractivity contribution in [3.63, 3.8) is 0 Å². The van der Waals surface area contributed by atoms with E-state index in [1.165, 1.54) is 51.4 Å². The number of carbonyl (C=O) groups is 2. The highest BCUT2D eigenvalue weighted by molar-refractivity contribution is 7.46. The van der Waals surface area contributed by atoms with Gasteiger partial charge in [-0.15, -0.1) is 0 Å². The number of allylic oxidation sites excluding steroid dienone is 11. The average molecular weight is 763 g/mol. The molecule has 302 valence electrons. The molecule has 2 unspecified atom stereocenters. The van der Waals surface area contributed by atoms with Crippen molar-refractivity contribution in [2.75, 3.05) is 13.2 Å². The molecule has 0 radical (unpaired) electrons. The molecule has 0 aromatic carbocycles. The maximum atomic E-state index is 12.4. The Morgan fingerprint density at radius 3 is 1.75 bits per heavy atom. The molecule has 2 N–H and O–H groups in total. The van der Waals surface area contributed by atoms with Crippen molar-refractivity contribution in [3.8, 4) is 0 Å². The van der Waals surface area contributed by atoms with Crippen molar-refractivity contribution in [2.24, 2.45) is 0 Å². The predicted molar refractivity (Wildman–Crippen MR) is 215 cm³/mol. The SMILES string of the molecule is CCCCC/C=C\C/C=C\C/C=C\C/C=C\C/C=C\CCC(=O)OC[C@H](COP(=O)(O)O)OC(=O)CCCCCCC/C=C\CC1OC1CCCCC. The van der Waals surface area contributed by atoms with Gasteiger partial charge in [0.15, 0.2) is 6.10 Å². The number of epoxide rings is 1. The maximum absolute atomic E-state index is 12.4. The van der Waals surface area contributed by atoms with Crippen molar-refractivity contribution in [1.29, 1.82) is 0 Å². The molecule has 0 bridgehead atoms. The quantitative estimate of drug-likeness (QED) is 0.0213. The van der Waals surface area contributed by atoms with Gasteiger partial charge in [-0.2, -0.15) is 0 Å². The molecule has 0 saturated carbocycles. The van der Waals surface area contributed by atoms with E-state index in [0.717, 1.165) is 64.2 Å². The van der Waals surface area contributed by atoms with Crippen LogP contribution in [0, 0.1) is 0 Å². The first kappa shape index (κ1) is 48.5. The fourth-order valence-electron chi connectivity index (χ4n) is 5.48. The van der Waals surface area contributed by atoms with Crippen molar-refractivity contribution < 1.29 is 42.7 Å². The molecule has 1 fully saturated rings. The maximum Gasteiger partial charge on any atom is 0.469 e.